The van der Waals surface area contributed by atoms with Crippen LogP contribution >= 0.6 is 11.8 Å². The molecule has 0 spiro atoms. The van der Waals surface area contributed by atoms with Crippen LogP contribution in [0, 0.1) is 5.92 Å². The minimum Gasteiger partial charge on any atom is -0.391 e. The molecule has 0 amide bonds. The van der Waals surface area contributed by atoms with Gasteiger partial charge in [-0.1, -0.05) is 13.8 Å². The molecule has 0 bridgehead atoms. The molecule has 4 N–H and O–H groups in total. The van der Waals surface area contributed by atoms with Gasteiger partial charge < -0.3 is 20.7 Å². The second-order valence-corrected chi connectivity index (χ2v) is 8.12. The molecule has 1 aliphatic rings. The number of likely N-dealkylation sites (tertiary alicyclic amines) is 1. The number of nitrogen functional groups attached to an aromatic ring is 1. The SMILES string of the molecule is CC(C)SC[C@H]1CN(CCc2c[nH]c3c(N)ncnc23)C[C@@H]1O. The van der Waals surface area contributed by atoms with Crippen molar-refractivity contribution in [2.45, 2.75) is 31.6 Å². The number of fused-ring (bicyclic) bond motifs is 1. The summed E-state index contributed by atoms with van der Waals surface area (Å²) in [4.78, 5) is 13.8. The quantitative estimate of drug-likeness (QED) is 0.741. The fourth-order valence-corrected chi connectivity index (χ4v) is 4.05. The molecule has 3 heterocycles. The standard InChI is InChI=1S/C16H25N5OS/c1-10(2)23-8-12-6-21(7-13(12)22)4-3-11-5-18-15-14(11)19-9-20-16(15)17/h5,9-10,12-13,18,22H,3-4,6-8H2,1-2H3,(H2,17,19,20)/t12-,13+/m1/s1. The molecule has 1 saturated heterocycles. The fraction of sp³-hybridized carbons (Fsp3) is 0.625. The third-order valence-corrected chi connectivity index (χ3v) is 5.68. The molecule has 2 aromatic rings. The Morgan fingerprint density at radius 3 is 3.04 bits per heavy atom. The number of hydrogen-bond acceptors (Lipinski definition) is 6. The van der Waals surface area contributed by atoms with E-state index < -0.39 is 0 Å². The van der Waals surface area contributed by atoms with Gasteiger partial charge in [0.2, 0.25) is 0 Å². The summed E-state index contributed by atoms with van der Waals surface area (Å²) in [7, 11) is 0. The number of nitrogens with two attached hydrogens (primary N) is 1. The minimum atomic E-state index is -0.206. The fourth-order valence-electron chi connectivity index (χ4n) is 3.09. The molecule has 7 heteroatoms. The molecule has 0 aromatic carbocycles. The Morgan fingerprint density at radius 2 is 2.26 bits per heavy atom. The zero-order valence-corrected chi connectivity index (χ0v) is 14.5. The lowest BCUT2D eigenvalue weighted by atomic mass is 10.1. The molecule has 1 aliphatic heterocycles. The molecular weight excluding hydrogens is 310 g/mol. The van der Waals surface area contributed by atoms with E-state index in [1.165, 1.54) is 6.33 Å². The summed E-state index contributed by atoms with van der Waals surface area (Å²) in [6.45, 7) is 7.07. The highest BCUT2D eigenvalue weighted by Crippen LogP contribution is 2.25. The minimum absolute atomic E-state index is 0.206. The van der Waals surface area contributed by atoms with Crippen LogP contribution in [0.1, 0.15) is 19.4 Å². The number of aromatic amines is 1. The molecule has 6 nitrogen and oxygen atoms in total. The topological polar surface area (TPSA) is 91.1 Å². The predicted molar refractivity (Wildman–Crippen MR) is 95.5 cm³/mol. The van der Waals surface area contributed by atoms with Gasteiger partial charge >= 0.3 is 0 Å². The molecule has 0 radical (unpaired) electrons. The summed E-state index contributed by atoms with van der Waals surface area (Å²) < 4.78 is 0. The summed E-state index contributed by atoms with van der Waals surface area (Å²) in [5, 5.41) is 10.9. The summed E-state index contributed by atoms with van der Waals surface area (Å²) >= 11 is 1.93. The molecule has 126 valence electrons. The highest BCUT2D eigenvalue weighted by molar-refractivity contribution is 7.99. The molecular formula is C16H25N5OS. The van der Waals surface area contributed by atoms with Gasteiger partial charge in [-0.15, -0.1) is 0 Å². The number of aromatic nitrogens is 3. The van der Waals surface area contributed by atoms with Crippen molar-refractivity contribution < 1.29 is 5.11 Å². The number of hydrogen-bond donors (Lipinski definition) is 3. The Labute approximate surface area is 140 Å². The number of H-pyrrole nitrogens is 1. The van der Waals surface area contributed by atoms with Crippen LogP contribution in [0.15, 0.2) is 12.5 Å². The van der Waals surface area contributed by atoms with Crippen molar-refractivity contribution in [1.29, 1.82) is 0 Å². The van der Waals surface area contributed by atoms with E-state index in [1.807, 2.05) is 18.0 Å². The maximum absolute atomic E-state index is 10.2. The number of rotatable bonds is 6. The molecule has 2 aromatic heterocycles. The molecule has 0 aliphatic carbocycles. The van der Waals surface area contributed by atoms with Crippen LogP contribution in [0.25, 0.3) is 11.0 Å². The van der Waals surface area contributed by atoms with E-state index in [2.05, 4.69) is 33.7 Å². The summed E-state index contributed by atoms with van der Waals surface area (Å²) in [5.74, 6) is 1.90. The number of thioether (sulfide) groups is 1. The van der Waals surface area contributed by atoms with Crippen molar-refractivity contribution >= 4 is 28.6 Å². The van der Waals surface area contributed by atoms with E-state index >= 15 is 0 Å². The Kier molecular flexibility index (Phi) is 5.08. The summed E-state index contributed by atoms with van der Waals surface area (Å²) in [5.41, 5.74) is 8.73. The number of anilines is 1. The van der Waals surface area contributed by atoms with Gasteiger partial charge in [0.25, 0.3) is 0 Å². The highest BCUT2D eigenvalue weighted by Gasteiger charge is 2.31. The van der Waals surface area contributed by atoms with E-state index in [9.17, 15) is 5.11 Å². The third kappa shape index (κ3) is 3.79. The van der Waals surface area contributed by atoms with Crippen molar-refractivity contribution in [2.24, 2.45) is 5.92 Å². The number of aliphatic hydroxyl groups is 1. The molecule has 2 atom stereocenters. The van der Waals surface area contributed by atoms with Gasteiger partial charge in [0.05, 0.1) is 11.6 Å². The lowest BCUT2D eigenvalue weighted by Crippen LogP contribution is -2.24. The van der Waals surface area contributed by atoms with Gasteiger partial charge in [-0.25, -0.2) is 9.97 Å². The van der Waals surface area contributed by atoms with E-state index in [0.717, 1.165) is 48.4 Å². The van der Waals surface area contributed by atoms with Crippen molar-refractivity contribution in [3.8, 4) is 0 Å². The number of nitrogens with zero attached hydrogens (tertiary/aromatic N) is 3. The van der Waals surface area contributed by atoms with E-state index in [1.54, 1.807) is 0 Å². The van der Waals surface area contributed by atoms with Crippen molar-refractivity contribution in [3.63, 3.8) is 0 Å². The third-order valence-electron chi connectivity index (χ3n) is 4.39. The zero-order valence-electron chi connectivity index (χ0n) is 13.7. The Morgan fingerprint density at radius 1 is 1.43 bits per heavy atom. The second-order valence-electron chi connectivity index (χ2n) is 6.52. The first-order valence-electron chi connectivity index (χ1n) is 8.13. The molecule has 23 heavy (non-hydrogen) atoms. The lowest BCUT2D eigenvalue weighted by Gasteiger charge is -2.15. The van der Waals surface area contributed by atoms with Gasteiger partial charge in [0, 0.05) is 37.5 Å². The number of aliphatic hydroxyl groups excluding tert-OH is 1. The molecule has 0 unspecified atom stereocenters. The highest BCUT2D eigenvalue weighted by atomic mass is 32.2. The molecule has 1 fully saturated rings. The van der Waals surface area contributed by atoms with Crippen molar-refractivity contribution in [2.75, 3.05) is 31.1 Å². The average molecular weight is 335 g/mol. The first-order chi connectivity index (χ1) is 11.0. The average Bonchev–Trinajstić information content (AvgIpc) is 3.07. The maximum Gasteiger partial charge on any atom is 0.151 e. The van der Waals surface area contributed by atoms with E-state index in [4.69, 9.17) is 5.73 Å². The molecule has 3 rings (SSSR count). The van der Waals surface area contributed by atoms with Crippen LogP contribution in [-0.4, -0.2) is 61.7 Å². The molecule has 0 saturated carbocycles. The largest absolute Gasteiger partial charge is 0.391 e. The summed E-state index contributed by atoms with van der Waals surface area (Å²) in [6.07, 6.45) is 4.16. The predicted octanol–water partition coefficient (Wildman–Crippen LogP) is 1.52. The van der Waals surface area contributed by atoms with Crippen LogP contribution in [0.5, 0.6) is 0 Å². The Bertz CT molecular complexity index is 659. The number of β-amino-alcohol motifs (C(OH)–C–C–N with tert-alkyl or cyclic N) is 1. The van der Waals surface area contributed by atoms with Crippen LogP contribution in [0.2, 0.25) is 0 Å². The van der Waals surface area contributed by atoms with Crippen LogP contribution in [0.3, 0.4) is 0 Å². The van der Waals surface area contributed by atoms with Gasteiger partial charge in [-0.3, -0.25) is 0 Å². The first-order valence-corrected chi connectivity index (χ1v) is 9.18. The van der Waals surface area contributed by atoms with E-state index in [-0.39, 0.29) is 6.10 Å². The maximum atomic E-state index is 10.2. The first kappa shape index (κ1) is 16.5. The smallest absolute Gasteiger partial charge is 0.151 e. The Balaban J connectivity index is 1.57. The monoisotopic (exact) mass is 335 g/mol. The van der Waals surface area contributed by atoms with Crippen molar-refractivity contribution in [1.82, 2.24) is 19.9 Å². The van der Waals surface area contributed by atoms with E-state index in [0.29, 0.717) is 17.0 Å². The second kappa shape index (κ2) is 7.07. The number of nitrogens with one attached hydrogen (secondary N) is 1. The van der Waals surface area contributed by atoms with Crippen LogP contribution < -0.4 is 5.73 Å². The normalized spacial score (nSPS) is 22.4. The van der Waals surface area contributed by atoms with Gasteiger partial charge in [0.15, 0.2) is 5.82 Å². The lowest BCUT2D eigenvalue weighted by molar-refractivity contribution is 0.150. The van der Waals surface area contributed by atoms with Gasteiger partial charge in [0.1, 0.15) is 11.8 Å². The van der Waals surface area contributed by atoms with Gasteiger partial charge in [-0.05, 0) is 17.2 Å². The van der Waals surface area contributed by atoms with Crippen LogP contribution in [0.4, 0.5) is 5.82 Å². The summed E-state index contributed by atoms with van der Waals surface area (Å²) in [6, 6.07) is 0. The van der Waals surface area contributed by atoms with Gasteiger partial charge in [-0.2, -0.15) is 11.8 Å². The zero-order chi connectivity index (χ0) is 16.4. The Hall–Kier alpha value is -1.31. The van der Waals surface area contributed by atoms with Crippen LogP contribution in [-0.2, 0) is 6.42 Å². The van der Waals surface area contributed by atoms with Crippen molar-refractivity contribution in [3.05, 3.63) is 18.1 Å².